The number of nitrogens with one attached hydrogen (secondary N) is 1. The largest absolute Gasteiger partial charge is 0.307 e. The fourth-order valence-electron chi connectivity index (χ4n) is 3.52. The topological polar surface area (TPSA) is 15.3 Å². The van der Waals surface area contributed by atoms with Crippen molar-refractivity contribution >= 4 is 23.4 Å². The Labute approximate surface area is 137 Å². The Morgan fingerprint density at radius 3 is 2.81 bits per heavy atom. The van der Waals surface area contributed by atoms with Gasteiger partial charge in [0.15, 0.2) is 0 Å². The van der Waals surface area contributed by atoms with Crippen LogP contribution in [0.4, 0.5) is 0 Å². The van der Waals surface area contributed by atoms with Gasteiger partial charge in [0, 0.05) is 22.0 Å². The number of halogens is 1. The van der Waals surface area contributed by atoms with Gasteiger partial charge in [0.25, 0.3) is 0 Å². The molecule has 0 radical (unpaired) electrons. The molecule has 0 saturated carbocycles. The number of nitrogens with zero attached hydrogens (tertiary/aromatic N) is 1. The summed E-state index contributed by atoms with van der Waals surface area (Å²) in [5.41, 5.74) is 1.40. The first kappa shape index (κ1) is 15.7. The SMILES string of the molecule is CC(NC1CCSc2ccc(Cl)cc21)C1CCN(C)CC1. The van der Waals surface area contributed by atoms with Crippen molar-refractivity contribution < 1.29 is 0 Å². The van der Waals surface area contributed by atoms with E-state index in [9.17, 15) is 0 Å². The molecular weight excluding hydrogens is 300 g/mol. The van der Waals surface area contributed by atoms with Crippen molar-refractivity contribution in [3.8, 4) is 0 Å². The van der Waals surface area contributed by atoms with Crippen LogP contribution < -0.4 is 5.32 Å². The molecule has 0 aliphatic carbocycles. The monoisotopic (exact) mass is 324 g/mol. The van der Waals surface area contributed by atoms with Crippen LogP contribution >= 0.6 is 23.4 Å². The van der Waals surface area contributed by atoms with E-state index in [1.807, 2.05) is 17.8 Å². The van der Waals surface area contributed by atoms with E-state index in [0.717, 1.165) is 10.9 Å². The maximum Gasteiger partial charge on any atom is 0.0410 e. The van der Waals surface area contributed by atoms with Crippen molar-refractivity contribution in [2.24, 2.45) is 5.92 Å². The molecule has 1 fully saturated rings. The van der Waals surface area contributed by atoms with E-state index < -0.39 is 0 Å². The number of thioether (sulfide) groups is 1. The smallest absolute Gasteiger partial charge is 0.0410 e. The van der Waals surface area contributed by atoms with Crippen LogP contribution in [0.25, 0.3) is 0 Å². The molecule has 4 heteroatoms. The molecule has 2 nitrogen and oxygen atoms in total. The van der Waals surface area contributed by atoms with Gasteiger partial charge in [-0.05, 0) is 81.8 Å². The fraction of sp³-hybridized carbons (Fsp3) is 0.647. The highest BCUT2D eigenvalue weighted by molar-refractivity contribution is 7.99. The zero-order valence-electron chi connectivity index (χ0n) is 12.9. The molecule has 21 heavy (non-hydrogen) atoms. The minimum atomic E-state index is 0.467. The van der Waals surface area contributed by atoms with E-state index in [4.69, 9.17) is 11.6 Å². The third-order valence-corrected chi connectivity index (χ3v) is 6.30. The summed E-state index contributed by atoms with van der Waals surface area (Å²) in [7, 11) is 2.23. The highest BCUT2D eigenvalue weighted by Crippen LogP contribution is 2.38. The molecule has 2 heterocycles. The van der Waals surface area contributed by atoms with Gasteiger partial charge in [-0.2, -0.15) is 0 Å². The lowest BCUT2D eigenvalue weighted by molar-refractivity contribution is 0.183. The zero-order valence-corrected chi connectivity index (χ0v) is 14.5. The van der Waals surface area contributed by atoms with Crippen molar-refractivity contribution in [2.45, 2.75) is 43.2 Å². The molecule has 2 aliphatic rings. The van der Waals surface area contributed by atoms with Crippen molar-refractivity contribution in [1.82, 2.24) is 10.2 Å². The summed E-state index contributed by atoms with van der Waals surface area (Å²) >= 11 is 8.16. The van der Waals surface area contributed by atoms with E-state index in [1.165, 1.54) is 48.6 Å². The normalized spacial score (nSPS) is 25.6. The van der Waals surface area contributed by atoms with Gasteiger partial charge in [0.2, 0.25) is 0 Å². The molecule has 2 atom stereocenters. The quantitative estimate of drug-likeness (QED) is 0.897. The van der Waals surface area contributed by atoms with E-state index in [2.05, 4.69) is 36.3 Å². The number of hydrogen-bond acceptors (Lipinski definition) is 3. The molecule has 2 aliphatic heterocycles. The average molecular weight is 325 g/mol. The van der Waals surface area contributed by atoms with Crippen LogP contribution in [-0.2, 0) is 0 Å². The van der Waals surface area contributed by atoms with Gasteiger partial charge in [0.05, 0.1) is 0 Å². The lowest BCUT2D eigenvalue weighted by Crippen LogP contribution is -2.42. The van der Waals surface area contributed by atoms with Gasteiger partial charge < -0.3 is 10.2 Å². The molecule has 0 aromatic heterocycles. The van der Waals surface area contributed by atoms with Crippen LogP contribution in [0, 0.1) is 5.92 Å². The van der Waals surface area contributed by atoms with Crippen LogP contribution in [-0.4, -0.2) is 36.8 Å². The number of hydrogen-bond donors (Lipinski definition) is 1. The second-order valence-electron chi connectivity index (χ2n) is 6.47. The third kappa shape index (κ3) is 3.76. The van der Waals surface area contributed by atoms with Crippen LogP contribution in [0.5, 0.6) is 0 Å². The molecule has 3 rings (SSSR count). The van der Waals surface area contributed by atoms with Gasteiger partial charge >= 0.3 is 0 Å². The van der Waals surface area contributed by atoms with Crippen molar-refractivity contribution in [3.63, 3.8) is 0 Å². The van der Waals surface area contributed by atoms with E-state index in [-0.39, 0.29) is 0 Å². The Morgan fingerprint density at radius 2 is 2.05 bits per heavy atom. The number of rotatable bonds is 3. The second kappa shape index (κ2) is 6.91. The summed E-state index contributed by atoms with van der Waals surface area (Å²) < 4.78 is 0. The summed E-state index contributed by atoms with van der Waals surface area (Å²) in [6, 6.07) is 7.39. The standard InChI is InChI=1S/C17H25ClN2S/c1-12(13-5-8-20(2)9-6-13)19-16-7-10-21-17-4-3-14(18)11-15(16)17/h3-4,11-13,16,19H,5-10H2,1-2H3. The average Bonchev–Trinajstić information content (AvgIpc) is 2.48. The van der Waals surface area contributed by atoms with Crippen molar-refractivity contribution in [3.05, 3.63) is 28.8 Å². The second-order valence-corrected chi connectivity index (χ2v) is 8.04. The summed E-state index contributed by atoms with van der Waals surface area (Å²) in [5.74, 6) is 2.00. The first-order valence-corrected chi connectivity index (χ1v) is 9.36. The Morgan fingerprint density at radius 1 is 1.29 bits per heavy atom. The van der Waals surface area contributed by atoms with Crippen molar-refractivity contribution in [1.29, 1.82) is 0 Å². The fourth-order valence-corrected chi connectivity index (χ4v) is 4.81. The Hall–Kier alpha value is -0.220. The van der Waals surface area contributed by atoms with Crippen LogP contribution in [0.3, 0.4) is 0 Å². The molecule has 1 aromatic rings. The minimum Gasteiger partial charge on any atom is -0.307 e. The maximum absolute atomic E-state index is 6.20. The Bertz CT molecular complexity index is 486. The first-order chi connectivity index (χ1) is 10.1. The van der Waals surface area contributed by atoms with Gasteiger partial charge in [-0.3, -0.25) is 0 Å². The summed E-state index contributed by atoms with van der Waals surface area (Å²) in [6.45, 7) is 4.83. The van der Waals surface area contributed by atoms with E-state index >= 15 is 0 Å². The Balaban J connectivity index is 1.67. The van der Waals surface area contributed by atoms with Crippen molar-refractivity contribution in [2.75, 3.05) is 25.9 Å². The number of fused-ring (bicyclic) bond motifs is 1. The molecule has 1 aromatic carbocycles. The Kier molecular flexibility index (Phi) is 5.15. The van der Waals surface area contributed by atoms with Gasteiger partial charge in [0.1, 0.15) is 0 Å². The highest BCUT2D eigenvalue weighted by Gasteiger charge is 2.27. The van der Waals surface area contributed by atoms with Crippen LogP contribution in [0.15, 0.2) is 23.1 Å². The van der Waals surface area contributed by atoms with Gasteiger partial charge in [-0.15, -0.1) is 11.8 Å². The number of piperidine rings is 1. The number of benzene rings is 1. The molecule has 0 amide bonds. The maximum atomic E-state index is 6.20. The first-order valence-electron chi connectivity index (χ1n) is 8.00. The minimum absolute atomic E-state index is 0.467. The van der Waals surface area contributed by atoms with E-state index in [0.29, 0.717) is 12.1 Å². The summed E-state index contributed by atoms with van der Waals surface area (Å²) in [5, 5.41) is 4.75. The molecule has 0 bridgehead atoms. The van der Waals surface area contributed by atoms with Crippen LogP contribution in [0.2, 0.25) is 5.02 Å². The zero-order chi connectivity index (χ0) is 14.8. The third-order valence-electron chi connectivity index (χ3n) is 4.95. The molecular formula is C17H25ClN2S. The summed E-state index contributed by atoms with van der Waals surface area (Å²) in [6.07, 6.45) is 3.83. The lowest BCUT2D eigenvalue weighted by Gasteiger charge is -2.36. The van der Waals surface area contributed by atoms with Gasteiger partial charge in [-0.25, -0.2) is 0 Å². The predicted molar refractivity (Wildman–Crippen MR) is 92.4 cm³/mol. The summed E-state index contributed by atoms with van der Waals surface area (Å²) in [4.78, 5) is 3.84. The van der Waals surface area contributed by atoms with Crippen LogP contribution in [0.1, 0.15) is 37.8 Å². The molecule has 116 valence electrons. The molecule has 1 N–H and O–H groups in total. The molecule has 1 saturated heterocycles. The molecule has 0 spiro atoms. The van der Waals surface area contributed by atoms with Gasteiger partial charge in [-0.1, -0.05) is 11.6 Å². The number of likely N-dealkylation sites (tertiary alicyclic amines) is 1. The highest BCUT2D eigenvalue weighted by atomic mass is 35.5. The lowest BCUT2D eigenvalue weighted by atomic mass is 9.89. The molecule has 2 unspecified atom stereocenters. The predicted octanol–water partition coefficient (Wildman–Crippen LogP) is 4.20. The van der Waals surface area contributed by atoms with E-state index in [1.54, 1.807) is 0 Å².